The minimum atomic E-state index is -0.415. The molecule has 0 fully saturated rings. The van der Waals surface area contributed by atoms with Crippen molar-refractivity contribution in [2.24, 2.45) is 0 Å². The number of hydrogen-bond donors (Lipinski definition) is 2. The molecule has 1 aliphatic carbocycles. The number of carbonyl (C=O) groups excluding carboxylic acids is 1. The van der Waals surface area contributed by atoms with E-state index in [1.165, 1.54) is 6.33 Å². The van der Waals surface area contributed by atoms with E-state index in [1.807, 2.05) is 19.1 Å². The van der Waals surface area contributed by atoms with E-state index in [0.29, 0.717) is 23.5 Å². The zero-order chi connectivity index (χ0) is 15.3. The molecule has 0 saturated heterocycles. The highest BCUT2D eigenvalue weighted by Crippen LogP contribution is 2.42. The first-order valence-corrected chi connectivity index (χ1v) is 7.37. The van der Waals surface area contributed by atoms with Crippen molar-refractivity contribution in [3.63, 3.8) is 0 Å². The molecule has 1 atom stereocenters. The molecular formula is C16H16N4O2. The number of nitrogens with zero attached hydrogens (tertiary/aromatic N) is 3. The van der Waals surface area contributed by atoms with Gasteiger partial charge in [0.1, 0.15) is 18.1 Å². The Bertz CT molecular complexity index is 806. The molecule has 2 aliphatic rings. The van der Waals surface area contributed by atoms with Crippen molar-refractivity contribution in [3.8, 4) is 5.75 Å². The summed E-state index contributed by atoms with van der Waals surface area (Å²) < 4.78 is 1.68. The van der Waals surface area contributed by atoms with Crippen LogP contribution in [0.25, 0.3) is 0 Å². The van der Waals surface area contributed by atoms with Crippen LogP contribution in [0.2, 0.25) is 0 Å². The third kappa shape index (κ3) is 1.83. The second kappa shape index (κ2) is 4.69. The van der Waals surface area contributed by atoms with Crippen LogP contribution in [0.15, 0.2) is 35.8 Å². The van der Waals surface area contributed by atoms with Crippen LogP contribution in [0.5, 0.6) is 5.75 Å². The largest absolute Gasteiger partial charge is 0.508 e. The summed E-state index contributed by atoms with van der Waals surface area (Å²) in [6.45, 7) is 1.96. The number of aryl methyl sites for hydroxylation is 1. The average molecular weight is 296 g/mol. The van der Waals surface area contributed by atoms with E-state index in [2.05, 4.69) is 15.4 Å². The lowest BCUT2D eigenvalue weighted by Gasteiger charge is -2.32. The van der Waals surface area contributed by atoms with Crippen LogP contribution in [0, 0.1) is 6.92 Å². The Morgan fingerprint density at radius 1 is 1.36 bits per heavy atom. The molecule has 4 rings (SSSR count). The molecule has 112 valence electrons. The maximum Gasteiger partial charge on any atom is 0.226 e. The number of hydrogen-bond acceptors (Lipinski definition) is 5. The maximum atomic E-state index is 12.5. The number of phenols is 1. The molecule has 1 aromatic carbocycles. The molecule has 0 radical (unpaired) electrons. The van der Waals surface area contributed by atoms with Gasteiger partial charge in [0.05, 0.1) is 0 Å². The van der Waals surface area contributed by atoms with Gasteiger partial charge in [-0.05, 0) is 31.9 Å². The number of rotatable bonds is 1. The number of Topliss-reactive ketones (excluding diaryl/α,β-unsaturated/α-hetero) is 1. The number of aromatic hydroxyl groups is 1. The molecule has 6 heteroatoms. The Kier molecular flexibility index (Phi) is 2.79. The summed E-state index contributed by atoms with van der Waals surface area (Å²) in [7, 11) is 0. The van der Waals surface area contributed by atoms with Gasteiger partial charge in [0.15, 0.2) is 5.78 Å². The summed E-state index contributed by atoms with van der Waals surface area (Å²) in [5, 5.41) is 17.8. The van der Waals surface area contributed by atoms with Crippen molar-refractivity contribution in [3.05, 3.63) is 46.9 Å². The molecule has 0 amide bonds. The van der Waals surface area contributed by atoms with E-state index < -0.39 is 6.04 Å². The molecule has 2 aromatic rings. The van der Waals surface area contributed by atoms with Crippen LogP contribution in [0.3, 0.4) is 0 Å². The minimum Gasteiger partial charge on any atom is -0.508 e. The van der Waals surface area contributed by atoms with Crippen molar-refractivity contribution in [1.29, 1.82) is 0 Å². The van der Waals surface area contributed by atoms with E-state index >= 15 is 0 Å². The molecule has 6 nitrogen and oxygen atoms in total. The van der Waals surface area contributed by atoms with Crippen LogP contribution < -0.4 is 5.32 Å². The minimum absolute atomic E-state index is 0.112. The third-order valence-corrected chi connectivity index (χ3v) is 4.29. The predicted molar refractivity (Wildman–Crippen MR) is 80.5 cm³/mol. The predicted octanol–water partition coefficient (Wildman–Crippen LogP) is 2.31. The normalized spacial score (nSPS) is 20.4. The number of benzene rings is 1. The van der Waals surface area contributed by atoms with Crippen LogP contribution in [0.4, 0.5) is 5.95 Å². The Hall–Kier alpha value is -2.63. The van der Waals surface area contributed by atoms with Gasteiger partial charge in [0.25, 0.3) is 0 Å². The van der Waals surface area contributed by atoms with Gasteiger partial charge >= 0.3 is 0 Å². The summed E-state index contributed by atoms with van der Waals surface area (Å²) >= 11 is 0. The summed E-state index contributed by atoms with van der Waals surface area (Å²) in [4.78, 5) is 16.7. The average Bonchev–Trinajstić information content (AvgIpc) is 2.96. The van der Waals surface area contributed by atoms with E-state index in [1.54, 1.807) is 10.7 Å². The molecular weight excluding hydrogens is 280 g/mol. The van der Waals surface area contributed by atoms with E-state index in [4.69, 9.17) is 0 Å². The quantitative estimate of drug-likeness (QED) is 0.844. The standard InChI is InChI=1S/C16H16N4O2/c1-9-5-6-12(21)10(7-9)15-14-11(3-2-4-13(14)22)19-16-17-8-18-20(15)16/h5-8,15,21H,2-4H2,1H3,(H,17,18,19)/t15-/m0/s1. The van der Waals surface area contributed by atoms with Gasteiger partial charge in [-0.2, -0.15) is 10.1 Å². The first-order chi connectivity index (χ1) is 10.6. The number of carbonyl (C=O) groups is 1. The molecule has 0 bridgehead atoms. The highest BCUT2D eigenvalue weighted by atomic mass is 16.3. The van der Waals surface area contributed by atoms with Crippen molar-refractivity contribution in [2.75, 3.05) is 5.32 Å². The second-order valence-corrected chi connectivity index (χ2v) is 5.79. The van der Waals surface area contributed by atoms with Crippen molar-refractivity contribution >= 4 is 11.7 Å². The molecule has 1 aromatic heterocycles. The maximum absolute atomic E-state index is 12.5. The Morgan fingerprint density at radius 3 is 3.09 bits per heavy atom. The topological polar surface area (TPSA) is 80.0 Å². The highest BCUT2D eigenvalue weighted by Gasteiger charge is 2.37. The zero-order valence-electron chi connectivity index (χ0n) is 12.2. The molecule has 1 aliphatic heterocycles. The number of nitrogens with one attached hydrogen (secondary N) is 1. The fraction of sp³-hybridized carbons (Fsp3) is 0.312. The fourth-order valence-electron chi connectivity index (χ4n) is 3.28. The van der Waals surface area contributed by atoms with Crippen LogP contribution >= 0.6 is 0 Å². The molecule has 2 N–H and O–H groups in total. The lowest BCUT2D eigenvalue weighted by molar-refractivity contribution is -0.116. The van der Waals surface area contributed by atoms with Crippen LogP contribution in [-0.4, -0.2) is 25.7 Å². The second-order valence-electron chi connectivity index (χ2n) is 5.79. The van der Waals surface area contributed by atoms with Crippen LogP contribution in [0.1, 0.15) is 36.4 Å². The first-order valence-electron chi connectivity index (χ1n) is 7.37. The molecule has 22 heavy (non-hydrogen) atoms. The monoisotopic (exact) mass is 296 g/mol. The van der Waals surface area contributed by atoms with Crippen molar-refractivity contribution in [1.82, 2.24) is 14.8 Å². The molecule has 0 spiro atoms. The Labute approximate surface area is 127 Å². The van der Waals surface area contributed by atoms with E-state index in [0.717, 1.165) is 24.1 Å². The molecule has 0 saturated carbocycles. The van der Waals surface area contributed by atoms with Gasteiger partial charge in [-0.25, -0.2) is 4.68 Å². The van der Waals surface area contributed by atoms with Gasteiger partial charge in [-0.3, -0.25) is 4.79 Å². The SMILES string of the molecule is Cc1ccc(O)c([C@H]2C3=C(CCCC3=O)Nc3ncnn32)c1. The van der Waals surface area contributed by atoms with Gasteiger partial charge in [-0.1, -0.05) is 11.6 Å². The molecule has 0 unspecified atom stereocenters. The van der Waals surface area contributed by atoms with Crippen molar-refractivity contribution in [2.45, 2.75) is 32.2 Å². The molecule has 2 heterocycles. The lowest BCUT2D eigenvalue weighted by Crippen LogP contribution is -2.31. The smallest absolute Gasteiger partial charge is 0.226 e. The highest BCUT2D eigenvalue weighted by molar-refractivity contribution is 5.99. The van der Waals surface area contributed by atoms with Gasteiger partial charge in [-0.15, -0.1) is 0 Å². The van der Waals surface area contributed by atoms with Gasteiger partial charge < -0.3 is 10.4 Å². The van der Waals surface area contributed by atoms with E-state index in [-0.39, 0.29) is 11.5 Å². The van der Waals surface area contributed by atoms with Gasteiger partial charge in [0.2, 0.25) is 5.95 Å². The Morgan fingerprint density at radius 2 is 2.23 bits per heavy atom. The number of fused-ring (bicyclic) bond motifs is 1. The summed E-state index contributed by atoms with van der Waals surface area (Å²) in [6.07, 6.45) is 3.65. The van der Waals surface area contributed by atoms with Gasteiger partial charge in [0, 0.05) is 23.3 Å². The lowest BCUT2D eigenvalue weighted by atomic mass is 9.85. The summed E-state index contributed by atoms with van der Waals surface area (Å²) in [6, 6.07) is 5.00. The number of allylic oxidation sites excluding steroid dienone is 2. The number of anilines is 1. The van der Waals surface area contributed by atoms with Crippen LogP contribution in [-0.2, 0) is 4.79 Å². The number of aromatic nitrogens is 3. The Balaban J connectivity index is 1.97. The van der Waals surface area contributed by atoms with E-state index in [9.17, 15) is 9.90 Å². The summed E-state index contributed by atoms with van der Waals surface area (Å²) in [5.41, 5.74) is 3.32. The third-order valence-electron chi connectivity index (χ3n) is 4.29. The van der Waals surface area contributed by atoms with Crippen molar-refractivity contribution < 1.29 is 9.90 Å². The first kappa shape index (κ1) is 13.1. The summed E-state index contributed by atoms with van der Waals surface area (Å²) in [5.74, 6) is 0.893. The zero-order valence-corrected chi connectivity index (χ0v) is 12.2. The fourth-order valence-corrected chi connectivity index (χ4v) is 3.28. The number of ketones is 1. The number of phenolic OH excluding ortho intramolecular Hbond substituents is 1.